The highest BCUT2D eigenvalue weighted by Crippen LogP contribution is 2.40. The molecule has 1 heterocycles. The Morgan fingerprint density at radius 3 is 2.20 bits per heavy atom. The highest BCUT2D eigenvalue weighted by molar-refractivity contribution is 6.08. The highest BCUT2D eigenvalue weighted by atomic mass is 16.5. The average Bonchev–Trinajstić information content (AvgIpc) is 3.07. The number of methoxy groups -OCH3 is 4. The first-order chi connectivity index (χ1) is 16.7. The monoisotopic (exact) mass is 486 g/mol. The standard InChI is InChI=1S/C24H30N4O7/c1-24(16-8-10-17(32-3)11-9-16)22(30)28(23(31)25-24)26-19(29)14-27(2)13-15-7-12-18(33-4)21(35-6)20(15)34-5/h7-12H,13-14H2,1-6H3,(H,25,31)(H,26,29). The predicted molar refractivity (Wildman–Crippen MR) is 126 cm³/mol. The number of nitrogens with one attached hydrogen (secondary N) is 2. The van der Waals surface area contributed by atoms with Gasteiger partial charge in [-0.1, -0.05) is 18.2 Å². The van der Waals surface area contributed by atoms with Gasteiger partial charge >= 0.3 is 6.03 Å². The molecule has 2 aromatic carbocycles. The molecule has 11 heteroatoms. The van der Waals surface area contributed by atoms with Crippen LogP contribution in [0.15, 0.2) is 36.4 Å². The van der Waals surface area contributed by atoms with Crippen LogP contribution in [0.3, 0.4) is 0 Å². The number of carbonyl (C=O) groups is 3. The van der Waals surface area contributed by atoms with Crippen LogP contribution < -0.4 is 29.7 Å². The summed E-state index contributed by atoms with van der Waals surface area (Å²) in [7, 11) is 7.82. The first-order valence-electron chi connectivity index (χ1n) is 10.8. The zero-order valence-electron chi connectivity index (χ0n) is 20.6. The molecule has 0 spiro atoms. The van der Waals surface area contributed by atoms with Crippen molar-refractivity contribution in [2.45, 2.75) is 19.0 Å². The van der Waals surface area contributed by atoms with Crippen LogP contribution >= 0.6 is 0 Å². The Labute approximate surface area is 203 Å². The van der Waals surface area contributed by atoms with Gasteiger partial charge in [-0.15, -0.1) is 0 Å². The first kappa shape index (κ1) is 25.6. The number of ether oxygens (including phenoxy) is 4. The quantitative estimate of drug-likeness (QED) is 0.487. The predicted octanol–water partition coefficient (Wildman–Crippen LogP) is 1.65. The van der Waals surface area contributed by atoms with Crippen molar-refractivity contribution >= 4 is 17.8 Å². The molecule has 4 amide bonds. The molecule has 2 aromatic rings. The second-order valence-corrected chi connectivity index (χ2v) is 8.12. The Morgan fingerprint density at radius 1 is 0.971 bits per heavy atom. The Kier molecular flexibility index (Phi) is 7.70. The van der Waals surface area contributed by atoms with Gasteiger partial charge in [0.1, 0.15) is 11.3 Å². The molecule has 3 rings (SSSR count). The Morgan fingerprint density at radius 2 is 1.63 bits per heavy atom. The summed E-state index contributed by atoms with van der Waals surface area (Å²) in [5.41, 5.74) is 2.41. The number of hydrazine groups is 1. The molecule has 188 valence electrons. The molecule has 0 aromatic heterocycles. The number of benzene rings is 2. The average molecular weight is 487 g/mol. The van der Waals surface area contributed by atoms with Crippen LogP contribution in [0, 0.1) is 0 Å². The largest absolute Gasteiger partial charge is 0.497 e. The molecule has 1 fully saturated rings. The van der Waals surface area contributed by atoms with E-state index in [0.29, 0.717) is 40.1 Å². The van der Waals surface area contributed by atoms with E-state index in [1.54, 1.807) is 49.2 Å². The van der Waals surface area contributed by atoms with Gasteiger partial charge in [-0.3, -0.25) is 19.9 Å². The van der Waals surface area contributed by atoms with E-state index in [1.807, 2.05) is 6.07 Å². The van der Waals surface area contributed by atoms with Crippen LogP contribution in [0.4, 0.5) is 4.79 Å². The smallest absolute Gasteiger partial charge is 0.344 e. The molecule has 1 aliphatic heterocycles. The summed E-state index contributed by atoms with van der Waals surface area (Å²) in [5, 5.41) is 3.35. The fraction of sp³-hybridized carbons (Fsp3) is 0.375. The second kappa shape index (κ2) is 10.5. The lowest BCUT2D eigenvalue weighted by molar-refractivity contribution is -0.139. The maximum Gasteiger partial charge on any atom is 0.344 e. The zero-order chi connectivity index (χ0) is 25.8. The van der Waals surface area contributed by atoms with Gasteiger partial charge in [0, 0.05) is 12.1 Å². The van der Waals surface area contributed by atoms with Crippen LogP contribution in [-0.4, -0.2) is 69.8 Å². The van der Waals surface area contributed by atoms with Crippen molar-refractivity contribution in [2.75, 3.05) is 42.0 Å². The lowest BCUT2D eigenvalue weighted by atomic mass is 9.92. The summed E-state index contributed by atoms with van der Waals surface area (Å²) in [5.74, 6) is 0.950. The number of carbonyl (C=O) groups excluding carboxylic acids is 3. The van der Waals surface area contributed by atoms with Crippen LogP contribution in [-0.2, 0) is 21.7 Å². The summed E-state index contributed by atoms with van der Waals surface area (Å²) in [6, 6.07) is 9.60. The Hall–Kier alpha value is -3.99. The van der Waals surface area contributed by atoms with Crippen molar-refractivity contribution in [3.05, 3.63) is 47.5 Å². The van der Waals surface area contributed by atoms with Gasteiger partial charge in [0.2, 0.25) is 5.75 Å². The third kappa shape index (κ3) is 5.09. The fourth-order valence-corrected chi connectivity index (χ4v) is 3.90. The van der Waals surface area contributed by atoms with E-state index in [9.17, 15) is 14.4 Å². The summed E-state index contributed by atoms with van der Waals surface area (Å²) in [6.45, 7) is 1.82. The lowest BCUT2D eigenvalue weighted by Gasteiger charge is -2.23. The molecular formula is C24H30N4O7. The topological polar surface area (TPSA) is 119 Å². The number of nitrogens with zero attached hydrogens (tertiary/aromatic N) is 2. The minimum atomic E-state index is -1.32. The van der Waals surface area contributed by atoms with Crippen LogP contribution in [0.1, 0.15) is 18.1 Å². The number of rotatable bonds is 10. The SMILES string of the molecule is COc1ccc(C2(C)NC(=O)N(NC(=O)CN(C)Cc3ccc(OC)c(OC)c3OC)C2=O)cc1. The Balaban J connectivity index is 1.67. The minimum absolute atomic E-state index is 0.0895. The highest BCUT2D eigenvalue weighted by Gasteiger charge is 2.50. The minimum Gasteiger partial charge on any atom is -0.497 e. The van der Waals surface area contributed by atoms with Crippen LogP contribution in [0.2, 0.25) is 0 Å². The van der Waals surface area contributed by atoms with E-state index in [1.165, 1.54) is 28.4 Å². The van der Waals surface area contributed by atoms with Gasteiger partial charge in [0.25, 0.3) is 11.8 Å². The van der Waals surface area contributed by atoms with Crippen molar-refractivity contribution in [3.63, 3.8) is 0 Å². The second-order valence-electron chi connectivity index (χ2n) is 8.12. The van der Waals surface area contributed by atoms with Crippen molar-refractivity contribution in [1.29, 1.82) is 0 Å². The van der Waals surface area contributed by atoms with Crippen LogP contribution in [0.5, 0.6) is 23.0 Å². The third-order valence-electron chi connectivity index (χ3n) is 5.73. The first-order valence-corrected chi connectivity index (χ1v) is 10.8. The van der Waals surface area contributed by atoms with Crippen LogP contribution in [0.25, 0.3) is 0 Å². The van der Waals surface area contributed by atoms with E-state index in [-0.39, 0.29) is 6.54 Å². The Bertz CT molecular complexity index is 1110. The van der Waals surface area contributed by atoms with Gasteiger partial charge in [-0.2, -0.15) is 5.01 Å². The molecule has 1 aliphatic rings. The molecule has 11 nitrogen and oxygen atoms in total. The molecule has 2 N–H and O–H groups in total. The van der Waals surface area contributed by atoms with E-state index < -0.39 is 23.4 Å². The number of hydrogen-bond acceptors (Lipinski definition) is 8. The molecular weight excluding hydrogens is 456 g/mol. The third-order valence-corrected chi connectivity index (χ3v) is 5.73. The number of likely N-dealkylation sites (N-methyl/N-ethyl adjacent to an activating group) is 1. The van der Waals surface area contributed by atoms with Crippen molar-refractivity contribution in [2.24, 2.45) is 0 Å². The molecule has 0 saturated carbocycles. The summed E-state index contributed by atoms with van der Waals surface area (Å²) in [4.78, 5) is 40.0. The maximum absolute atomic E-state index is 13.1. The number of urea groups is 1. The molecule has 0 radical (unpaired) electrons. The van der Waals surface area contributed by atoms with E-state index >= 15 is 0 Å². The summed E-state index contributed by atoms with van der Waals surface area (Å²) >= 11 is 0. The van der Waals surface area contributed by atoms with Crippen molar-refractivity contribution in [1.82, 2.24) is 20.7 Å². The number of amides is 4. The lowest BCUT2D eigenvalue weighted by Crippen LogP contribution is -2.50. The van der Waals surface area contributed by atoms with Crippen molar-refractivity contribution in [3.8, 4) is 23.0 Å². The van der Waals surface area contributed by atoms with Gasteiger partial charge < -0.3 is 24.3 Å². The van der Waals surface area contributed by atoms with Gasteiger partial charge in [0.15, 0.2) is 11.5 Å². The molecule has 1 unspecified atom stereocenters. The van der Waals surface area contributed by atoms with E-state index in [0.717, 1.165) is 5.56 Å². The number of hydrogen-bond donors (Lipinski definition) is 2. The maximum atomic E-state index is 13.1. The van der Waals surface area contributed by atoms with Gasteiger partial charge in [-0.05, 0) is 37.7 Å². The molecule has 1 saturated heterocycles. The fourth-order valence-electron chi connectivity index (χ4n) is 3.90. The summed E-state index contributed by atoms with van der Waals surface area (Å²) in [6.07, 6.45) is 0. The number of imide groups is 1. The van der Waals surface area contributed by atoms with Crippen molar-refractivity contribution < 1.29 is 33.3 Å². The van der Waals surface area contributed by atoms with Gasteiger partial charge in [0.05, 0.1) is 35.0 Å². The van der Waals surface area contributed by atoms with E-state index in [2.05, 4.69) is 10.7 Å². The van der Waals surface area contributed by atoms with E-state index in [4.69, 9.17) is 18.9 Å². The molecule has 35 heavy (non-hydrogen) atoms. The molecule has 0 aliphatic carbocycles. The molecule has 0 bridgehead atoms. The normalized spacial score (nSPS) is 17.3. The zero-order valence-corrected chi connectivity index (χ0v) is 20.6. The summed E-state index contributed by atoms with van der Waals surface area (Å²) < 4.78 is 21.3. The molecule has 1 atom stereocenters. The van der Waals surface area contributed by atoms with Gasteiger partial charge in [-0.25, -0.2) is 4.79 Å².